The second-order valence-electron chi connectivity index (χ2n) is 6.69. The Morgan fingerprint density at radius 3 is 2.55 bits per heavy atom. The molecule has 5 heteroatoms. The second-order valence-corrected chi connectivity index (χ2v) is 6.69. The fraction of sp³-hybridized carbons (Fsp3) is 0.667. The summed E-state index contributed by atoms with van der Waals surface area (Å²) in [5.74, 6) is -0.653. The van der Waals surface area contributed by atoms with Crippen molar-refractivity contribution in [2.45, 2.75) is 56.8 Å². The third-order valence-electron chi connectivity index (χ3n) is 5.30. The Morgan fingerprint density at radius 2 is 1.90 bits per heavy atom. The first-order valence-electron chi connectivity index (χ1n) is 6.91. The fourth-order valence-corrected chi connectivity index (χ4v) is 3.80. The minimum Gasteiger partial charge on any atom is -0.423 e. The highest BCUT2D eigenvalue weighted by Crippen LogP contribution is 2.55. The van der Waals surface area contributed by atoms with Gasteiger partial charge in [-0.15, -0.1) is 0 Å². The van der Waals surface area contributed by atoms with E-state index in [-0.39, 0.29) is 0 Å². The van der Waals surface area contributed by atoms with Gasteiger partial charge in [0.15, 0.2) is 0 Å². The molecule has 0 bridgehead atoms. The molecule has 4 atom stereocenters. The minimum atomic E-state index is -1.56. The zero-order valence-corrected chi connectivity index (χ0v) is 11.9. The van der Waals surface area contributed by atoms with Crippen LogP contribution >= 0.6 is 0 Å². The Hall–Kier alpha value is -1.17. The van der Waals surface area contributed by atoms with Gasteiger partial charge >= 0.3 is 5.97 Å². The molecule has 0 amide bonds. The minimum absolute atomic E-state index is 0.307. The number of hydrogen-bond acceptors (Lipinski definition) is 5. The molecule has 1 saturated carbocycles. The number of carbonyl (C=O) groups is 1. The van der Waals surface area contributed by atoms with E-state index >= 15 is 0 Å². The summed E-state index contributed by atoms with van der Waals surface area (Å²) in [7, 11) is 0. The Kier molecular flexibility index (Phi) is 2.57. The lowest BCUT2D eigenvalue weighted by molar-refractivity contribution is -0.157. The molecule has 0 radical (unpaired) electrons. The maximum absolute atomic E-state index is 11.7. The van der Waals surface area contributed by atoms with Crippen molar-refractivity contribution < 1.29 is 24.9 Å². The van der Waals surface area contributed by atoms with Gasteiger partial charge in [0.1, 0.15) is 17.0 Å². The molecule has 5 nitrogen and oxygen atoms in total. The monoisotopic (exact) mass is 280 g/mol. The molecule has 3 rings (SSSR count). The molecular weight excluding hydrogens is 260 g/mol. The SMILES string of the molecule is CC1=C2C[C@@H]3[C@@](C)(O)CC[C@@]3(O)[C@@](C)(O)C=C2OC1=O. The summed E-state index contributed by atoms with van der Waals surface area (Å²) in [5, 5.41) is 32.2. The molecule has 2 aliphatic carbocycles. The van der Waals surface area contributed by atoms with Crippen LogP contribution in [-0.2, 0) is 9.53 Å². The Bertz CT molecular complexity index is 555. The first-order chi connectivity index (χ1) is 9.08. The summed E-state index contributed by atoms with van der Waals surface area (Å²) >= 11 is 0. The molecule has 3 N–H and O–H groups in total. The first-order valence-corrected chi connectivity index (χ1v) is 6.91. The van der Waals surface area contributed by atoms with E-state index < -0.39 is 28.7 Å². The van der Waals surface area contributed by atoms with Gasteiger partial charge in [0.2, 0.25) is 0 Å². The summed E-state index contributed by atoms with van der Waals surface area (Å²) in [6, 6.07) is 0. The van der Waals surface area contributed by atoms with Crippen LogP contribution in [0.15, 0.2) is 23.0 Å². The van der Waals surface area contributed by atoms with Crippen molar-refractivity contribution in [3.8, 4) is 0 Å². The molecule has 0 aromatic rings. The zero-order chi connectivity index (χ0) is 14.9. The van der Waals surface area contributed by atoms with Crippen LogP contribution in [0, 0.1) is 5.92 Å². The second kappa shape index (κ2) is 3.72. The summed E-state index contributed by atoms with van der Waals surface area (Å²) in [4.78, 5) is 11.7. The lowest BCUT2D eigenvalue weighted by Crippen LogP contribution is -2.56. The zero-order valence-electron chi connectivity index (χ0n) is 11.9. The van der Waals surface area contributed by atoms with Crippen LogP contribution in [0.4, 0.5) is 0 Å². The third-order valence-corrected chi connectivity index (χ3v) is 5.30. The van der Waals surface area contributed by atoms with E-state index in [1.54, 1.807) is 13.8 Å². The summed E-state index contributed by atoms with van der Waals surface area (Å²) < 4.78 is 5.17. The molecule has 0 spiro atoms. The highest BCUT2D eigenvalue weighted by Gasteiger charge is 2.62. The number of fused-ring (bicyclic) bond motifs is 2. The van der Waals surface area contributed by atoms with E-state index in [1.807, 2.05) is 0 Å². The maximum Gasteiger partial charge on any atom is 0.339 e. The normalized spacial score (nSPS) is 47.6. The smallest absolute Gasteiger partial charge is 0.339 e. The van der Waals surface area contributed by atoms with Crippen molar-refractivity contribution in [2.75, 3.05) is 0 Å². The van der Waals surface area contributed by atoms with Gasteiger partial charge in [-0.25, -0.2) is 4.79 Å². The maximum atomic E-state index is 11.7. The number of carbonyl (C=O) groups excluding carboxylic acids is 1. The van der Waals surface area contributed by atoms with Crippen LogP contribution in [0.2, 0.25) is 0 Å². The summed E-state index contributed by atoms with van der Waals surface area (Å²) in [6.07, 6.45) is 2.46. The third kappa shape index (κ3) is 1.57. The average Bonchev–Trinajstić information content (AvgIpc) is 2.67. The topological polar surface area (TPSA) is 87.0 Å². The van der Waals surface area contributed by atoms with E-state index in [2.05, 4.69) is 0 Å². The van der Waals surface area contributed by atoms with E-state index in [0.717, 1.165) is 0 Å². The van der Waals surface area contributed by atoms with Gasteiger partial charge < -0.3 is 20.1 Å². The van der Waals surface area contributed by atoms with Crippen molar-refractivity contribution >= 4 is 5.97 Å². The standard InChI is InChI=1S/C15H20O5/c1-8-9-6-11-13(2,17)4-5-15(11,19)14(3,18)7-10(9)20-12(8)16/h7,11,17-19H,4-6H2,1-3H3/t11-,13+,14+,15+/m1/s1. The van der Waals surface area contributed by atoms with Gasteiger partial charge in [0.25, 0.3) is 0 Å². The predicted molar refractivity (Wildman–Crippen MR) is 70.4 cm³/mol. The van der Waals surface area contributed by atoms with Crippen LogP contribution in [0.5, 0.6) is 0 Å². The van der Waals surface area contributed by atoms with Crippen LogP contribution in [-0.4, -0.2) is 38.1 Å². The van der Waals surface area contributed by atoms with Crippen molar-refractivity contribution in [1.82, 2.24) is 0 Å². The van der Waals surface area contributed by atoms with Crippen molar-refractivity contribution in [2.24, 2.45) is 5.92 Å². The summed E-state index contributed by atoms with van der Waals surface area (Å²) in [5.41, 5.74) is -2.90. The van der Waals surface area contributed by atoms with Crippen LogP contribution in [0.1, 0.15) is 40.0 Å². The lowest BCUT2D eigenvalue weighted by Gasteiger charge is -2.42. The summed E-state index contributed by atoms with van der Waals surface area (Å²) in [6.45, 7) is 4.84. The van der Waals surface area contributed by atoms with Gasteiger partial charge in [-0.3, -0.25) is 0 Å². The van der Waals surface area contributed by atoms with E-state index in [9.17, 15) is 20.1 Å². The van der Waals surface area contributed by atoms with Gasteiger partial charge in [-0.2, -0.15) is 0 Å². The fourth-order valence-electron chi connectivity index (χ4n) is 3.80. The van der Waals surface area contributed by atoms with E-state index in [4.69, 9.17) is 4.74 Å². The Balaban J connectivity index is 2.18. The van der Waals surface area contributed by atoms with Crippen LogP contribution in [0.25, 0.3) is 0 Å². The van der Waals surface area contributed by atoms with Crippen molar-refractivity contribution in [1.29, 1.82) is 0 Å². The highest BCUT2D eigenvalue weighted by atomic mass is 16.5. The largest absolute Gasteiger partial charge is 0.423 e. The molecular formula is C15H20O5. The number of esters is 1. The van der Waals surface area contributed by atoms with Crippen molar-refractivity contribution in [3.63, 3.8) is 0 Å². The molecule has 1 fully saturated rings. The van der Waals surface area contributed by atoms with Gasteiger partial charge in [-0.1, -0.05) is 0 Å². The van der Waals surface area contributed by atoms with Gasteiger partial charge in [0, 0.05) is 17.1 Å². The molecule has 20 heavy (non-hydrogen) atoms. The number of hydrogen-bond donors (Lipinski definition) is 3. The Morgan fingerprint density at radius 1 is 1.25 bits per heavy atom. The molecule has 1 heterocycles. The lowest BCUT2D eigenvalue weighted by atomic mass is 9.72. The number of aliphatic hydroxyl groups is 3. The molecule has 110 valence electrons. The highest BCUT2D eigenvalue weighted by molar-refractivity contribution is 5.94. The van der Waals surface area contributed by atoms with Crippen molar-refractivity contribution in [3.05, 3.63) is 23.0 Å². The van der Waals surface area contributed by atoms with Crippen LogP contribution < -0.4 is 0 Å². The number of rotatable bonds is 0. The average molecular weight is 280 g/mol. The predicted octanol–water partition coefficient (Wildman–Crippen LogP) is 0.790. The van der Waals surface area contributed by atoms with Gasteiger partial charge in [-0.05, 0) is 46.1 Å². The molecule has 1 aliphatic heterocycles. The number of ether oxygens (including phenoxy) is 1. The molecule has 0 unspecified atom stereocenters. The van der Waals surface area contributed by atoms with Crippen LogP contribution in [0.3, 0.4) is 0 Å². The first kappa shape index (κ1) is 13.8. The quantitative estimate of drug-likeness (QED) is 0.571. The Labute approximate surface area is 117 Å². The van der Waals surface area contributed by atoms with E-state index in [1.165, 1.54) is 13.0 Å². The van der Waals surface area contributed by atoms with Gasteiger partial charge in [0.05, 0.1) is 5.60 Å². The molecule has 0 aromatic carbocycles. The number of allylic oxidation sites excluding steroid dienone is 1. The molecule has 0 aromatic heterocycles. The van der Waals surface area contributed by atoms with E-state index in [0.29, 0.717) is 36.2 Å². The molecule has 3 aliphatic rings. The molecule has 0 saturated heterocycles.